The van der Waals surface area contributed by atoms with Gasteiger partial charge in [0.1, 0.15) is 5.82 Å². The lowest BCUT2D eigenvalue weighted by molar-refractivity contribution is 0.175. The Bertz CT molecular complexity index is 673. The van der Waals surface area contributed by atoms with Crippen LogP contribution in [-0.4, -0.2) is 42.1 Å². The molecule has 2 heterocycles. The summed E-state index contributed by atoms with van der Waals surface area (Å²) in [6.07, 6.45) is 5.93. The maximum Gasteiger partial charge on any atom is 0.161 e. The van der Waals surface area contributed by atoms with Gasteiger partial charge in [-0.3, -0.25) is 4.90 Å². The van der Waals surface area contributed by atoms with E-state index in [1.807, 2.05) is 32.1 Å². The third kappa shape index (κ3) is 3.59. The Balaban J connectivity index is 1.80. The molecule has 0 radical (unpaired) electrons. The average molecular weight is 324 g/mol. The van der Waals surface area contributed by atoms with Crippen molar-refractivity contribution in [1.29, 1.82) is 0 Å². The second-order valence-electron chi connectivity index (χ2n) is 6.99. The molecule has 1 saturated heterocycles. The molecule has 1 aliphatic rings. The predicted octanol–water partition coefficient (Wildman–Crippen LogP) is 4.06. The summed E-state index contributed by atoms with van der Waals surface area (Å²) in [5.41, 5.74) is 3.55. The van der Waals surface area contributed by atoms with Crippen molar-refractivity contribution in [3.05, 3.63) is 41.6 Å². The van der Waals surface area contributed by atoms with Crippen molar-refractivity contribution in [3.8, 4) is 11.4 Å². The summed E-state index contributed by atoms with van der Waals surface area (Å²) in [4.78, 5) is 13.8. The first-order valence-corrected chi connectivity index (χ1v) is 8.91. The molecule has 2 aromatic rings. The highest BCUT2D eigenvalue weighted by atomic mass is 15.2. The quantitative estimate of drug-likeness (QED) is 0.849. The zero-order valence-corrected chi connectivity index (χ0v) is 15.3. The molecule has 1 aromatic heterocycles. The van der Waals surface area contributed by atoms with Gasteiger partial charge in [0.2, 0.25) is 0 Å². The molecule has 24 heavy (non-hydrogen) atoms. The molecule has 0 bridgehead atoms. The third-order valence-electron chi connectivity index (χ3n) is 4.96. The molecule has 0 amide bonds. The van der Waals surface area contributed by atoms with Crippen LogP contribution in [0.4, 0.5) is 5.82 Å². The Morgan fingerprint density at radius 1 is 1.04 bits per heavy atom. The number of anilines is 1. The van der Waals surface area contributed by atoms with Gasteiger partial charge in [-0.05, 0) is 45.3 Å². The maximum absolute atomic E-state index is 4.71. The number of rotatable bonds is 4. The van der Waals surface area contributed by atoms with Gasteiger partial charge < -0.3 is 4.90 Å². The number of hydrogen-bond acceptors (Lipinski definition) is 4. The SMILES string of the molecule is Cc1cnc(-c2ccc([C@H](C)N3CCCCC3)cc2)nc1N(C)C. The van der Waals surface area contributed by atoms with Crippen LogP contribution in [0.15, 0.2) is 30.5 Å². The summed E-state index contributed by atoms with van der Waals surface area (Å²) in [7, 11) is 4.03. The summed E-state index contributed by atoms with van der Waals surface area (Å²) in [5, 5.41) is 0. The predicted molar refractivity (Wildman–Crippen MR) is 100 cm³/mol. The molecular formula is C20H28N4. The summed E-state index contributed by atoms with van der Waals surface area (Å²) in [6.45, 7) is 6.79. The van der Waals surface area contributed by atoms with Gasteiger partial charge >= 0.3 is 0 Å². The van der Waals surface area contributed by atoms with Crippen molar-refractivity contribution in [2.24, 2.45) is 0 Å². The monoisotopic (exact) mass is 324 g/mol. The third-order valence-corrected chi connectivity index (χ3v) is 4.96. The van der Waals surface area contributed by atoms with Gasteiger partial charge in [0.15, 0.2) is 5.82 Å². The van der Waals surface area contributed by atoms with Crippen molar-refractivity contribution >= 4 is 5.82 Å². The van der Waals surface area contributed by atoms with Crippen LogP contribution >= 0.6 is 0 Å². The van der Waals surface area contributed by atoms with Crippen LogP contribution in [0.2, 0.25) is 0 Å². The molecule has 1 aliphatic heterocycles. The smallest absolute Gasteiger partial charge is 0.161 e. The number of nitrogens with zero attached hydrogens (tertiary/aromatic N) is 4. The Morgan fingerprint density at radius 3 is 2.33 bits per heavy atom. The molecule has 0 unspecified atom stereocenters. The summed E-state index contributed by atoms with van der Waals surface area (Å²) >= 11 is 0. The maximum atomic E-state index is 4.71. The van der Waals surface area contributed by atoms with E-state index >= 15 is 0 Å². The van der Waals surface area contributed by atoms with Gasteiger partial charge in [-0.15, -0.1) is 0 Å². The van der Waals surface area contributed by atoms with Crippen LogP contribution in [0.3, 0.4) is 0 Å². The van der Waals surface area contributed by atoms with Crippen molar-refractivity contribution in [2.45, 2.75) is 39.2 Å². The van der Waals surface area contributed by atoms with E-state index < -0.39 is 0 Å². The lowest BCUT2D eigenvalue weighted by atomic mass is 10.0. The highest BCUT2D eigenvalue weighted by molar-refractivity contribution is 5.59. The number of aromatic nitrogens is 2. The van der Waals surface area contributed by atoms with Crippen molar-refractivity contribution in [1.82, 2.24) is 14.9 Å². The molecule has 1 fully saturated rings. The van der Waals surface area contributed by atoms with Gasteiger partial charge in [-0.25, -0.2) is 9.97 Å². The first kappa shape index (κ1) is 16.9. The first-order valence-electron chi connectivity index (χ1n) is 8.91. The minimum Gasteiger partial charge on any atom is -0.362 e. The molecule has 4 nitrogen and oxygen atoms in total. The molecule has 0 N–H and O–H groups in total. The fourth-order valence-electron chi connectivity index (χ4n) is 3.45. The Kier molecular flexibility index (Phi) is 5.14. The normalized spacial score (nSPS) is 16.8. The number of piperidine rings is 1. The van der Waals surface area contributed by atoms with Crippen LogP contribution < -0.4 is 4.90 Å². The zero-order valence-electron chi connectivity index (χ0n) is 15.3. The lowest BCUT2D eigenvalue weighted by Gasteiger charge is -2.32. The van der Waals surface area contributed by atoms with Gasteiger partial charge in [0.25, 0.3) is 0 Å². The number of aryl methyl sites for hydroxylation is 1. The second-order valence-corrected chi connectivity index (χ2v) is 6.99. The van der Waals surface area contributed by atoms with Crippen LogP contribution in [0.25, 0.3) is 11.4 Å². The summed E-state index contributed by atoms with van der Waals surface area (Å²) in [6, 6.07) is 9.25. The standard InChI is InChI=1S/C20H28N4/c1-15-14-21-19(22-20(15)23(3)4)18-10-8-17(9-11-18)16(2)24-12-6-5-7-13-24/h8-11,14,16H,5-7,12-13H2,1-4H3/t16-/m0/s1. The van der Waals surface area contributed by atoms with Crippen LogP contribution in [0, 0.1) is 6.92 Å². The highest BCUT2D eigenvalue weighted by Gasteiger charge is 2.18. The highest BCUT2D eigenvalue weighted by Crippen LogP contribution is 2.26. The molecular weight excluding hydrogens is 296 g/mol. The van der Waals surface area contributed by atoms with E-state index in [-0.39, 0.29) is 0 Å². The molecule has 128 valence electrons. The number of hydrogen-bond donors (Lipinski definition) is 0. The summed E-state index contributed by atoms with van der Waals surface area (Å²) in [5.74, 6) is 1.77. The Hall–Kier alpha value is -1.94. The van der Waals surface area contributed by atoms with Gasteiger partial charge in [0.05, 0.1) is 0 Å². The first-order chi connectivity index (χ1) is 11.6. The van der Waals surface area contributed by atoms with E-state index in [2.05, 4.69) is 41.1 Å². The van der Waals surface area contributed by atoms with Crippen LogP contribution in [0.1, 0.15) is 43.4 Å². The van der Waals surface area contributed by atoms with E-state index in [1.165, 1.54) is 37.9 Å². The van der Waals surface area contributed by atoms with E-state index in [9.17, 15) is 0 Å². The molecule has 0 saturated carbocycles. The van der Waals surface area contributed by atoms with E-state index in [0.717, 1.165) is 22.8 Å². The second kappa shape index (κ2) is 7.31. The van der Waals surface area contributed by atoms with Gasteiger partial charge in [-0.1, -0.05) is 30.7 Å². The summed E-state index contributed by atoms with van der Waals surface area (Å²) < 4.78 is 0. The van der Waals surface area contributed by atoms with Crippen molar-refractivity contribution in [2.75, 3.05) is 32.1 Å². The molecule has 4 heteroatoms. The van der Waals surface area contributed by atoms with Crippen molar-refractivity contribution < 1.29 is 0 Å². The van der Waals surface area contributed by atoms with Gasteiger partial charge in [-0.2, -0.15) is 0 Å². The molecule has 0 spiro atoms. The minimum absolute atomic E-state index is 0.482. The molecule has 3 rings (SSSR count). The van der Waals surface area contributed by atoms with E-state index in [0.29, 0.717) is 6.04 Å². The number of benzene rings is 1. The fraction of sp³-hybridized carbons (Fsp3) is 0.500. The Labute approximate surface area is 145 Å². The molecule has 0 aliphatic carbocycles. The lowest BCUT2D eigenvalue weighted by Crippen LogP contribution is -2.32. The fourth-order valence-corrected chi connectivity index (χ4v) is 3.45. The van der Waals surface area contributed by atoms with Crippen LogP contribution in [0.5, 0.6) is 0 Å². The molecule has 1 atom stereocenters. The average Bonchev–Trinajstić information content (AvgIpc) is 2.62. The van der Waals surface area contributed by atoms with Gasteiger partial charge in [0, 0.05) is 37.5 Å². The molecule has 1 aromatic carbocycles. The van der Waals surface area contributed by atoms with E-state index in [4.69, 9.17) is 4.98 Å². The minimum atomic E-state index is 0.482. The topological polar surface area (TPSA) is 32.3 Å². The Morgan fingerprint density at radius 2 is 1.71 bits per heavy atom. The van der Waals surface area contributed by atoms with Crippen molar-refractivity contribution in [3.63, 3.8) is 0 Å². The zero-order chi connectivity index (χ0) is 17.1. The van der Waals surface area contributed by atoms with E-state index in [1.54, 1.807) is 0 Å². The van der Waals surface area contributed by atoms with Crippen LogP contribution in [-0.2, 0) is 0 Å². The number of likely N-dealkylation sites (tertiary alicyclic amines) is 1. The largest absolute Gasteiger partial charge is 0.362 e.